The summed E-state index contributed by atoms with van der Waals surface area (Å²) in [6.07, 6.45) is 8.28. The van der Waals surface area contributed by atoms with E-state index in [9.17, 15) is 9.59 Å². The fraction of sp³-hybridized carbons (Fsp3) is 0.419. The number of piperidine rings is 1. The maximum atomic E-state index is 13.6. The summed E-state index contributed by atoms with van der Waals surface area (Å²) in [6.45, 7) is 9.47. The van der Waals surface area contributed by atoms with Crippen molar-refractivity contribution in [1.82, 2.24) is 9.47 Å². The van der Waals surface area contributed by atoms with Gasteiger partial charge in [0.2, 0.25) is 5.91 Å². The van der Waals surface area contributed by atoms with E-state index in [-0.39, 0.29) is 5.91 Å². The number of aromatic nitrogens is 1. The molecule has 2 aromatic carbocycles. The van der Waals surface area contributed by atoms with Crippen molar-refractivity contribution < 1.29 is 19.1 Å². The van der Waals surface area contributed by atoms with Gasteiger partial charge in [0, 0.05) is 24.7 Å². The average molecular weight is 503 g/mol. The maximum Gasteiger partial charge on any atom is 0.419 e. The maximum absolute atomic E-state index is 13.6. The number of likely N-dealkylation sites (tertiary alicyclic amines) is 1. The summed E-state index contributed by atoms with van der Waals surface area (Å²) >= 11 is 0. The van der Waals surface area contributed by atoms with E-state index in [1.54, 1.807) is 10.8 Å². The quantitative estimate of drug-likeness (QED) is 0.321. The van der Waals surface area contributed by atoms with E-state index < -0.39 is 17.1 Å². The van der Waals surface area contributed by atoms with Crippen LogP contribution in [0.1, 0.15) is 58.1 Å². The number of hydrogen-bond donors (Lipinski definition) is 0. The molecule has 1 saturated heterocycles. The molecule has 0 N–H and O–H groups in total. The summed E-state index contributed by atoms with van der Waals surface area (Å²) in [4.78, 5) is 28.4. The van der Waals surface area contributed by atoms with E-state index in [0.717, 1.165) is 47.8 Å². The van der Waals surface area contributed by atoms with Crippen molar-refractivity contribution in [3.63, 3.8) is 0 Å². The molecule has 1 aromatic heterocycles. The number of amides is 1. The van der Waals surface area contributed by atoms with Crippen LogP contribution in [0.4, 0.5) is 4.79 Å². The zero-order valence-electron chi connectivity index (χ0n) is 22.4. The topological polar surface area (TPSA) is 60.8 Å². The summed E-state index contributed by atoms with van der Waals surface area (Å²) in [5, 5.41) is 1.01. The van der Waals surface area contributed by atoms with Crippen LogP contribution in [-0.2, 0) is 27.3 Å². The third-order valence-corrected chi connectivity index (χ3v) is 7.01. The van der Waals surface area contributed by atoms with E-state index in [1.165, 1.54) is 0 Å². The molecule has 196 valence electrons. The van der Waals surface area contributed by atoms with Crippen LogP contribution in [-0.4, -0.2) is 40.2 Å². The lowest BCUT2D eigenvalue weighted by atomic mass is 9.76. The number of carbonyl (C=O) groups is 2. The molecule has 1 fully saturated rings. The van der Waals surface area contributed by atoms with Crippen LogP contribution in [0.15, 0.2) is 73.1 Å². The molecule has 37 heavy (non-hydrogen) atoms. The normalized spacial score (nSPS) is 18.5. The van der Waals surface area contributed by atoms with E-state index in [0.29, 0.717) is 19.6 Å². The molecular weight excluding hydrogens is 464 g/mol. The highest BCUT2D eigenvalue weighted by Crippen LogP contribution is 2.36. The molecule has 0 spiro atoms. The second-order valence-corrected chi connectivity index (χ2v) is 10.8. The number of fused-ring (bicyclic) bond motifs is 1. The molecule has 1 atom stereocenters. The number of para-hydroxylation sites is 1. The van der Waals surface area contributed by atoms with E-state index in [1.807, 2.05) is 92.5 Å². The van der Waals surface area contributed by atoms with Gasteiger partial charge < -0.3 is 14.4 Å². The Morgan fingerprint density at radius 2 is 1.81 bits per heavy atom. The van der Waals surface area contributed by atoms with Crippen LogP contribution in [0.5, 0.6) is 0 Å². The van der Waals surface area contributed by atoms with E-state index in [2.05, 4.69) is 6.92 Å². The zero-order valence-corrected chi connectivity index (χ0v) is 22.4. The minimum absolute atomic E-state index is 0.150. The molecule has 0 bridgehead atoms. The second-order valence-electron chi connectivity index (χ2n) is 10.8. The third-order valence-electron chi connectivity index (χ3n) is 7.01. The molecule has 6 nitrogen and oxygen atoms in total. The highest BCUT2D eigenvalue weighted by Gasteiger charge is 2.40. The Kier molecular flexibility index (Phi) is 8.06. The van der Waals surface area contributed by atoms with Gasteiger partial charge in [0.15, 0.2) is 0 Å². The Morgan fingerprint density at radius 3 is 2.54 bits per heavy atom. The monoisotopic (exact) mass is 502 g/mol. The Balaban J connectivity index is 1.45. The molecule has 0 aliphatic carbocycles. The van der Waals surface area contributed by atoms with Crippen molar-refractivity contribution in [3.05, 3.63) is 84.3 Å². The van der Waals surface area contributed by atoms with Crippen molar-refractivity contribution in [2.75, 3.05) is 13.1 Å². The lowest BCUT2D eigenvalue weighted by molar-refractivity contribution is -0.143. The van der Waals surface area contributed by atoms with Crippen molar-refractivity contribution in [3.8, 4) is 0 Å². The summed E-state index contributed by atoms with van der Waals surface area (Å²) in [7, 11) is 0. The first-order valence-electron chi connectivity index (χ1n) is 13.2. The summed E-state index contributed by atoms with van der Waals surface area (Å²) in [6, 6.07) is 17.8. The summed E-state index contributed by atoms with van der Waals surface area (Å²) in [5.41, 5.74) is 1.83. The number of rotatable bonds is 8. The summed E-state index contributed by atoms with van der Waals surface area (Å²) < 4.78 is 13.0. The van der Waals surface area contributed by atoms with Crippen LogP contribution >= 0.6 is 0 Å². The van der Waals surface area contributed by atoms with Gasteiger partial charge in [-0.3, -0.25) is 9.36 Å². The minimum atomic E-state index is -0.579. The molecule has 1 aliphatic heterocycles. The summed E-state index contributed by atoms with van der Waals surface area (Å²) in [5.74, 6) is 0.150. The fourth-order valence-electron chi connectivity index (χ4n) is 4.99. The van der Waals surface area contributed by atoms with Gasteiger partial charge in [0.25, 0.3) is 0 Å². The lowest BCUT2D eigenvalue weighted by Gasteiger charge is -2.39. The average Bonchev–Trinajstić information content (AvgIpc) is 3.25. The number of hydrogen-bond acceptors (Lipinski definition) is 4. The van der Waals surface area contributed by atoms with Crippen LogP contribution in [0, 0.1) is 5.41 Å². The SMILES string of the molecule is CC[C@@]1(/C=C/OCc2ccccc2)CCCN(CCc2cn(C(=O)OC(C)(C)C)c3ccccc23)C1=O. The molecule has 6 heteroatoms. The molecule has 3 aromatic rings. The van der Waals surface area contributed by atoms with Gasteiger partial charge in [-0.15, -0.1) is 0 Å². The van der Waals surface area contributed by atoms with Gasteiger partial charge in [-0.1, -0.05) is 55.5 Å². The number of benzene rings is 2. The van der Waals surface area contributed by atoms with Crippen molar-refractivity contribution in [2.24, 2.45) is 5.41 Å². The minimum Gasteiger partial charge on any atom is -0.497 e. The predicted molar refractivity (Wildman–Crippen MR) is 146 cm³/mol. The molecule has 2 heterocycles. The first-order valence-corrected chi connectivity index (χ1v) is 13.2. The van der Waals surface area contributed by atoms with Crippen LogP contribution in [0.2, 0.25) is 0 Å². The van der Waals surface area contributed by atoms with Crippen LogP contribution in [0.3, 0.4) is 0 Å². The van der Waals surface area contributed by atoms with Gasteiger partial charge in [0.1, 0.15) is 12.2 Å². The lowest BCUT2D eigenvalue weighted by Crippen LogP contribution is -2.48. The first kappa shape index (κ1) is 26.5. The molecule has 1 aliphatic rings. The fourth-order valence-corrected chi connectivity index (χ4v) is 4.99. The number of nitrogens with zero attached hydrogens (tertiary/aromatic N) is 2. The molecular formula is C31H38N2O4. The standard InChI is InChI=1S/C31H38N2O4/c1-5-31(18-21-36-23-24-12-7-6-8-13-24)17-11-19-32(28(31)34)20-16-25-22-33(29(35)37-30(2,3)4)27-15-10-9-14-26(25)27/h6-10,12-15,18,21-22H,5,11,16-17,19-20,23H2,1-4H3/b21-18+/t31-/m0/s1. The molecule has 1 amide bonds. The van der Waals surface area contributed by atoms with Gasteiger partial charge in [0.05, 0.1) is 17.2 Å². The number of carbonyl (C=O) groups excluding carboxylic acids is 2. The van der Waals surface area contributed by atoms with E-state index in [4.69, 9.17) is 9.47 Å². The van der Waals surface area contributed by atoms with Crippen molar-refractivity contribution in [2.45, 2.75) is 65.6 Å². The highest BCUT2D eigenvalue weighted by molar-refractivity contribution is 5.92. The highest BCUT2D eigenvalue weighted by atomic mass is 16.6. The van der Waals surface area contributed by atoms with Gasteiger partial charge in [-0.25, -0.2) is 4.79 Å². The number of ether oxygens (including phenoxy) is 2. The van der Waals surface area contributed by atoms with Crippen molar-refractivity contribution >= 4 is 22.9 Å². The zero-order chi connectivity index (χ0) is 26.5. The van der Waals surface area contributed by atoms with Gasteiger partial charge in [-0.05, 0) is 69.7 Å². The third kappa shape index (κ3) is 6.24. The van der Waals surface area contributed by atoms with Crippen LogP contribution < -0.4 is 0 Å². The Bertz CT molecular complexity index is 1260. The molecule has 4 rings (SSSR count). The van der Waals surface area contributed by atoms with Gasteiger partial charge >= 0.3 is 6.09 Å². The van der Waals surface area contributed by atoms with E-state index >= 15 is 0 Å². The Labute approximate surface area is 219 Å². The smallest absolute Gasteiger partial charge is 0.419 e. The molecule has 0 unspecified atom stereocenters. The molecule has 0 saturated carbocycles. The first-order chi connectivity index (χ1) is 17.7. The van der Waals surface area contributed by atoms with Gasteiger partial charge in [-0.2, -0.15) is 0 Å². The van der Waals surface area contributed by atoms with Crippen molar-refractivity contribution in [1.29, 1.82) is 0 Å². The largest absolute Gasteiger partial charge is 0.497 e. The second kappa shape index (κ2) is 11.2. The van der Waals surface area contributed by atoms with Crippen LogP contribution in [0.25, 0.3) is 10.9 Å². The predicted octanol–water partition coefficient (Wildman–Crippen LogP) is 6.72. The Morgan fingerprint density at radius 1 is 1.08 bits per heavy atom. The molecule has 0 radical (unpaired) electrons. The Hall–Kier alpha value is -3.54.